The van der Waals surface area contributed by atoms with Gasteiger partial charge in [0, 0.05) is 12.1 Å². The van der Waals surface area contributed by atoms with Gasteiger partial charge in [-0.15, -0.1) is 0 Å². The number of ether oxygens (including phenoxy) is 2. The zero-order chi connectivity index (χ0) is 22.9. The van der Waals surface area contributed by atoms with Crippen molar-refractivity contribution in [2.75, 3.05) is 19.0 Å². The van der Waals surface area contributed by atoms with Gasteiger partial charge in [-0.25, -0.2) is 0 Å². The first kappa shape index (κ1) is 22.7. The molecule has 0 bridgehead atoms. The topological polar surface area (TPSA) is 76.7 Å². The number of hydrogen-bond acceptors (Lipinski definition) is 4. The van der Waals surface area contributed by atoms with Crippen LogP contribution < -0.4 is 20.1 Å². The number of benzene rings is 3. The lowest BCUT2D eigenvalue weighted by molar-refractivity contribution is -0.0512. The number of alkyl halides is 2. The van der Waals surface area contributed by atoms with Gasteiger partial charge in [0.2, 0.25) is 0 Å². The van der Waals surface area contributed by atoms with E-state index in [1.807, 2.05) is 6.07 Å². The third kappa shape index (κ3) is 6.04. The quantitative estimate of drug-likeness (QED) is 0.513. The first-order chi connectivity index (χ1) is 15.5. The molecule has 0 aliphatic carbocycles. The Morgan fingerprint density at radius 3 is 2.34 bits per heavy atom. The van der Waals surface area contributed by atoms with E-state index in [-0.39, 0.29) is 29.9 Å². The highest BCUT2D eigenvalue weighted by Gasteiger charge is 2.14. The molecule has 0 saturated heterocycles. The Bertz CT molecular complexity index is 1070. The molecular weight excluding hydrogens is 418 g/mol. The lowest BCUT2D eigenvalue weighted by Gasteiger charge is -2.13. The van der Waals surface area contributed by atoms with Crippen LogP contribution in [0.2, 0.25) is 0 Å². The fourth-order valence-electron chi connectivity index (χ4n) is 3.05. The third-order valence-electron chi connectivity index (χ3n) is 4.60. The van der Waals surface area contributed by atoms with E-state index >= 15 is 0 Å². The number of carbonyl (C=O) groups excluding carboxylic acids is 2. The highest BCUT2D eigenvalue weighted by atomic mass is 19.3. The summed E-state index contributed by atoms with van der Waals surface area (Å²) in [6, 6.07) is 20.0. The van der Waals surface area contributed by atoms with Crippen molar-refractivity contribution in [3.05, 3.63) is 89.5 Å². The second-order valence-corrected chi connectivity index (χ2v) is 6.74. The molecule has 2 amide bonds. The third-order valence-corrected chi connectivity index (χ3v) is 4.60. The van der Waals surface area contributed by atoms with Crippen LogP contribution in [-0.4, -0.2) is 32.1 Å². The average molecular weight is 440 g/mol. The molecule has 0 aromatic heterocycles. The van der Waals surface area contributed by atoms with Crippen LogP contribution in [0.3, 0.4) is 0 Å². The monoisotopic (exact) mass is 440 g/mol. The van der Waals surface area contributed by atoms with Gasteiger partial charge in [0.15, 0.2) is 11.5 Å². The van der Waals surface area contributed by atoms with Gasteiger partial charge in [0.1, 0.15) is 0 Å². The zero-order valence-electron chi connectivity index (χ0n) is 17.3. The van der Waals surface area contributed by atoms with E-state index in [1.165, 1.54) is 13.2 Å². The number of anilines is 1. The summed E-state index contributed by atoms with van der Waals surface area (Å²) in [6.45, 7) is -2.66. The molecule has 3 rings (SSSR count). The highest BCUT2D eigenvalue weighted by Crippen LogP contribution is 2.29. The molecule has 3 aromatic carbocycles. The molecule has 0 fully saturated rings. The summed E-state index contributed by atoms with van der Waals surface area (Å²) in [7, 11) is 1.36. The second-order valence-electron chi connectivity index (χ2n) is 6.74. The van der Waals surface area contributed by atoms with E-state index in [9.17, 15) is 18.4 Å². The molecule has 0 atom stereocenters. The molecule has 0 heterocycles. The Balaban J connectivity index is 1.62. The minimum atomic E-state index is -2.95. The van der Waals surface area contributed by atoms with E-state index in [1.54, 1.807) is 60.7 Å². The summed E-state index contributed by atoms with van der Waals surface area (Å²) in [6.07, 6.45) is 0.440. The second kappa shape index (κ2) is 10.9. The van der Waals surface area contributed by atoms with Crippen LogP contribution in [0.15, 0.2) is 72.8 Å². The number of para-hydroxylation sites is 1. The molecule has 32 heavy (non-hydrogen) atoms. The average Bonchev–Trinajstić information content (AvgIpc) is 2.80. The van der Waals surface area contributed by atoms with Crippen LogP contribution in [0.5, 0.6) is 11.5 Å². The number of carbonyl (C=O) groups is 2. The van der Waals surface area contributed by atoms with Gasteiger partial charge in [0.05, 0.1) is 18.4 Å². The van der Waals surface area contributed by atoms with E-state index in [2.05, 4.69) is 15.4 Å². The van der Waals surface area contributed by atoms with Gasteiger partial charge < -0.3 is 20.1 Å². The van der Waals surface area contributed by atoms with Gasteiger partial charge in [-0.05, 0) is 48.4 Å². The van der Waals surface area contributed by atoms with Gasteiger partial charge in [0.25, 0.3) is 11.8 Å². The summed E-state index contributed by atoms with van der Waals surface area (Å²) >= 11 is 0. The predicted molar refractivity (Wildman–Crippen MR) is 117 cm³/mol. The summed E-state index contributed by atoms with van der Waals surface area (Å²) in [5.74, 6) is -0.538. The van der Waals surface area contributed by atoms with Crippen LogP contribution in [0, 0.1) is 0 Å². The van der Waals surface area contributed by atoms with Gasteiger partial charge in [-0.1, -0.05) is 36.4 Å². The number of methoxy groups -OCH3 is 1. The SMILES string of the molecule is COc1cc(CCNC(=O)c2ccccc2NC(=O)c2ccccc2)ccc1OC(F)F. The van der Waals surface area contributed by atoms with E-state index in [4.69, 9.17) is 4.74 Å². The highest BCUT2D eigenvalue weighted by molar-refractivity contribution is 6.08. The lowest BCUT2D eigenvalue weighted by atomic mass is 10.1. The maximum Gasteiger partial charge on any atom is 0.387 e. The van der Waals surface area contributed by atoms with Crippen LogP contribution in [-0.2, 0) is 6.42 Å². The molecule has 0 unspecified atom stereocenters. The van der Waals surface area contributed by atoms with Gasteiger partial charge >= 0.3 is 6.61 Å². The van der Waals surface area contributed by atoms with E-state index in [0.717, 1.165) is 5.56 Å². The van der Waals surface area contributed by atoms with Crippen molar-refractivity contribution in [1.29, 1.82) is 0 Å². The Hall–Kier alpha value is -3.94. The smallest absolute Gasteiger partial charge is 0.387 e. The number of hydrogen-bond donors (Lipinski definition) is 2. The number of rotatable bonds is 9. The maximum absolute atomic E-state index is 12.7. The summed E-state index contributed by atoms with van der Waals surface area (Å²) in [5.41, 5.74) is 1.98. The molecule has 0 saturated carbocycles. The molecule has 3 aromatic rings. The van der Waals surface area contributed by atoms with Crippen molar-refractivity contribution in [3.63, 3.8) is 0 Å². The molecular formula is C24H22F2N2O4. The van der Waals surface area contributed by atoms with Crippen molar-refractivity contribution in [3.8, 4) is 11.5 Å². The first-order valence-electron chi connectivity index (χ1n) is 9.83. The van der Waals surface area contributed by atoms with E-state index < -0.39 is 6.61 Å². The van der Waals surface area contributed by atoms with Crippen molar-refractivity contribution < 1.29 is 27.8 Å². The van der Waals surface area contributed by atoms with Crippen molar-refractivity contribution in [2.45, 2.75) is 13.0 Å². The normalized spacial score (nSPS) is 10.5. The van der Waals surface area contributed by atoms with Crippen molar-refractivity contribution in [1.82, 2.24) is 5.32 Å². The lowest BCUT2D eigenvalue weighted by Crippen LogP contribution is -2.27. The fourth-order valence-corrected chi connectivity index (χ4v) is 3.05. The van der Waals surface area contributed by atoms with Crippen molar-refractivity contribution >= 4 is 17.5 Å². The minimum Gasteiger partial charge on any atom is -0.493 e. The Morgan fingerprint density at radius 1 is 0.906 bits per heavy atom. The van der Waals surface area contributed by atoms with Crippen LogP contribution in [0.1, 0.15) is 26.3 Å². The van der Waals surface area contributed by atoms with Crippen LogP contribution >= 0.6 is 0 Å². The van der Waals surface area contributed by atoms with Crippen molar-refractivity contribution in [2.24, 2.45) is 0 Å². The summed E-state index contributed by atoms with van der Waals surface area (Å²) in [5, 5.41) is 5.56. The first-order valence-corrected chi connectivity index (χ1v) is 9.83. The molecule has 8 heteroatoms. The molecule has 6 nitrogen and oxygen atoms in total. The molecule has 166 valence electrons. The van der Waals surface area contributed by atoms with E-state index in [0.29, 0.717) is 23.2 Å². The Morgan fingerprint density at radius 2 is 1.62 bits per heavy atom. The van der Waals surface area contributed by atoms with Gasteiger partial charge in [-0.3, -0.25) is 9.59 Å². The molecule has 0 radical (unpaired) electrons. The number of nitrogens with one attached hydrogen (secondary N) is 2. The number of halogens is 2. The Kier molecular flexibility index (Phi) is 7.75. The zero-order valence-corrected chi connectivity index (χ0v) is 17.3. The predicted octanol–water partition coefficient (Wildman–Crippen LogP) is 4.52. The largest absolute Gasteiger partial charge is 0.493 e. The van der Waals surface area contributed by atoms with Gasteiger partial charge in [-0.2, -0.15) is 8.78 Å². The Labute approximate surface area is 184 Å². The van der Waals surface area contributed by atoms with Crippen LogP contribution in [0.4, 0.5) is 14.5 Å². The molecule has 0 aliphatic heterocycles. The molecule has 0 aliphatic rings. The summed E-state index contributed by atoms with van der Waals surface area (Å²) < 4.78 is 34.4. The minimum absolute atomic E-state index is 0.0571. The summed E-state index contributed by atoms with van der Waals surface area (Å²) in [4.78, 5) is 25.1. The van der Waals surface area contributed by atoms with Crippen LogP contribution in [0.25, 0.3) is 0 Å². The molecule has 0 spiro atoms. The number of amides is 2. The molecule has 2 N–H and O–H groups in total. The maximum atomic E-state index is 12.7. The fraction of sp³-hybridized carbons (Fsp3) is 0.167. The standard InChI is InChI=1S/C24H22F2N2O4/c1-31-21-15-16(11-12-20(21)32-24(25)26)13-14-27-23(30)18-9-5-6-10-19(18)28-22(29)17-7-3-2-4-8-17/h2-12,15,24H,13-14H2,1H3,(H,27,30)(H,28,29).